The number of hydrogen-bond donors (Lipinski definition) is 0. The van der Waals surface area contributed by atoms with E-state index in [-0.39, 0.29) is 0 Å². The summed E-state index contributed by atoms with van der Waals surface area (Å²) in [5, 5.41) is 5.11. The molecule has 1 heterocycles. The number of para-hydroxylation sites is 3. The molecule has 9 rings (SSSR count). The second-order valence-corrected chi connectivity index (χ2v) is 12.2. The molecule has 0 N–H and O–H groups in total. The van der Waals surface area contributed by atoms with E-state index in [4.69, 9.17) is 0 Å². The van der Waals surface area contributed by atoms with Gasteiger partial charge in [0.15, 0.2) is 0 Å². The zero-order chi connectivity index (χ0) is 31.9. The van der Waals surface area contributed by atoms with Gasteiger partial charge in [-0.25, -0.2) is 0 Å². The van der Waals surface area contributed by atoms with Crippen molar-refractivity contribution in [3.05, 3.63) is 194 Å². The van der Waals surface area contributed by atoms with Gasteiger partial charge >= 0.3 is 0 Å². The maximum Gasteiger partial charge on any atom is 0.0547 e. The summed E-state index contributed by atoms with van der Waals surface area (Å²) in [7, 11) is 0. The van der Waals surface area contributed by atoms with Gasteiger partial charge in [0.25, 0.3) is 0 Å². The largest absolute Gasteiger partial charge is 0.310 e. The number of nitrogens with zero attached hydrogens (tertiary/aromatic N) is 2. The fraction of sp³-hybridized carbons (Fsp3) is 0. The van der Waals surface area contributed by atoms with Crippen molar-refractivity contribution in [2.45, 2.75) is 0 Å². The summed E-state index contributed by atoms with van der Waals surface area (Å²) in [4.78, 5) is 2.31. The summed E-state index contributed by atoms with van der Waals surface area (Å²) in [5.41, 5.74) is 11.8. The van der Waals surface area contributed by atoms with Crippen molar-refractivity contribution in [3.63, 3.8) is 0 Å². The highest BCUT2D eigenvalue weighted by Gasteiger charge is 2.18. The topological polar surface area (TPSA) is 8.17 Å². The van der Waals surface area contributed by atoms with E-state index in [1.54, 1.807) is 0 Å². The number of hydrogen-bond acceptors (Lipinski definition) is 1. The normalized spacial score (nSPS) is 11.3. The summed E-state index contributed by atoms with van der Waals surface area (Å²) in [6.45, 7) is 0. The molecular weight excluding hydrogens is 581 g/mol. The molecule has 0 bridgehead atoms. The Morgan fingerprint density at radius 1 is 0.354 bits per heavy atom. The minimum Gasteiger partial charge on any atom is -0.310 e. The number of anilines is 3. The third-order valence-electron chi connectivity index (χ3n) is 9.36. The van der Waals surface area contributed by atoms with Gasteiger partial charge in [0.1, 0.15) is 0 Å². The maximum absolute atomic E-state index is 2.42. The summed E-state index contributed by atoms with van der Waals surface area (Å²) >= 11 is 0. The zero-order valence-corrected chi connectivity index (χ0v) is 26.4. The molecule has 1 aromatic heterocycles. The fourth-order valence-electron chi connectivity index (χ4n) is 7.20. The van der Waals surface area contributed by atoms with Crippen molar-refractivity contribution in [1.29, 1.82) is 0 Å². The van der Waals surface area contributed by atoms with Gasteiger partial charge in [0.05, 0.1) is 11.0 Å². The van der Waals surface area contributed by atoms with E-state index in [2.05, 4.69) is 204 Å². The highest BCUT2D eigenvalue weighted by molar-refractivity contribution is 6.24. The van der Waals surface area contributed by atoms with Crippen LogP contribution in [0.3, 0.4) is 0 Å². The van der Waals surface area contributed by atoms with E-state index in [1.807, 2.05) is 0 Å². The van der Waals surface area contributed by atoms with Crippen molar-refractivity contribution in [3.8, 4) is 27.9 Å². The molecule has 0 aliphatic carbocycles. The van der Waals surface area contributed by atoms with E-state index < -0.39 is 0 Å². The molecule has 0 radical (unpaired) electrons. The Bertz CT molecular complexity index is 2490. The van der Waals surface area contributed by atoms with Crippen molar-refractivity contribution in [1.82, 2.24) is 4.57 Å². The van der Waals surface area contributed by atoms with Crippen molar-refractivity contribution in [2.24, 2.45) is 0 Å². The van der Waals surface area contributed by atoms with Crippen LogP contribution in [0.25, 0.3) is 60.5 Å². The van der Waals surface area contributed by atoms with Gasteiger partial charge in [0, 0.05) is 33.5 Å². The SMILES string of the molecule is c1ccc(-c2cccc3ccc4c(c5ccccc5n4-c4ccc(-c5cccc(N(c6ccccc6)c6ccccc6)c5)cc4)c23)cc1. The molecule has 0 amide bonds. The zero-order valence-electron chi connectivity index (χ0n) is 26.4. The van der Waals surface area contributed by atoms with Gasteiger partial charge < -0.3 is 9.47 Å². The lowest BCUT2D eigenvalue weighted by Crippen LogP contribution is -2.09. The third kappa shape index (κ3) is 4.74. The van der Waals surface area contributed by atoms with E-state index in [9.17, 15) is 0 Å². The van der Waals surface area contributed by atoms with Crippen LogP contribution in [0.15, 0.2) is 194 Å². The lowest BCUT2D eigenvalue weighted by molar-refractivity contribution is 1.18. The highest BCUT2D eigenvalue weighted by atomic mass is 15.1. The van der Waals surface area contributed by atoms with Gasteiger partial charge in [-0.2, -0.15) is 0 Å². The molecule has 2 heteroatoms. The Morgan fingerprint density at radius 3 is 1.69 bits per heavy atom. The molecule has 2 nitrogen and oxygen atoms in total. The lowest BCUT2D eigenvalue weighted by atomic mass is 9.94. The first-order chi connectivity index (χ1) is 23.8. The van der Waals surface area contributed by atoms with Gasteiger partial charge in [-0.3, -0.25) is 0 Å². The molecule has 0 aliphatic heterocycles. The predicted molar refractivity (Wildman–Crippen MR) is 204 cm³/mol. The molecule has 226 valence electrons. The van der Waals surface area contributed by atoms with Gasteiger partial charge in [-0.15, -0.1) is 0 Å². The fourth-order valence-corrected chi connectivity index (χ4v) is 7.20. The Kier molecular flexibility index (Phi) is 6.84. The van der Waals surface area contributed by atoms with Crippen LogP contribution in [-0.2, 0) is 0 Å². The third-order valence-corrected chi connectivity index (χ3v) is 9.36. The molecule has 0 saturated heterocycles. The van der Waals surface area contributed by atoms with E-state index >= 15 is 0 Å². The Balaban J connectivity index is 1.17. The van der Waals surface area contributed by atoms with Crippen LogP contribution >= 0.6 is 0 Å². The quantitative estimate of drug-likeness (QED) is 0.181. The van der Waals surface area contributed by atoms with Crippen LogP contribution < -0.4 is 4.90 Å². The second-order valence-electron chi connectivity index (χ2n) is 12.2. The first-order valence-electron chi connectivity index (χ1n) is 16.4. The minimum atomic E-state index is 1.12. The van der Waals surface area contributed by atoms with E-state index in [0.29, 0.717) is 0 Å². The molecule has 0 aliphatic rings. The smallest absolute Gasteiger partial charge is 0.0547 e. The highest BCUT2D eigenvalue weighted by Crippen LogP contribution is 2.41. The molecule has 0 saturated carbocycles. The molecule has 0 atom stereocenters. The Hall–Kier alpha value is -6.38. The summed E-state index contributed by atoms with van der Waals surface area (Å²) in [5.74, 6) is 0. The predicted octanol–water partition coefficient (Wildman–Crippen LogP) is 12.7. The van der Waals surface area contributed by atoms with E-state index in [1.165, 1.54) is 54.8 Å². The van der Waals surface area contributed by atoms with Crippen LogP contribution in [0.5, 0.6) is 0 Å². The molecule has 0 unspecified atom stereocenters. The van der Waals surface area contributed by atoms with Gasteiger partial charge in [-0.05, 0) is 93.7 Å². The summed E-state index contributed by atoms with van der Waals surface area (Å²) < 4.78 is 2.42. The maximum atomic E-state index is 2.42. The van der Waals surface area contributed by atoms with Gasteiger partial charge in [0.2, 0.25) is 0 Å². The van der Waals surface area contributed by atoms with Crippen LogP contribution in [0, 0.1) is 0 Å². The molecule has 48 heavy (non-hydrogen) atoms. The first kappa shape index (κ1) is 27.9. The van der Waals surface area contributed by atoms with Crippen molar-refractivity contribution >= 4 is 49.6 Å². The van der Waals surface area contributed by atoms with Crippen molar-refractivity contribution in [2.75, 3.05) is 4.90 Å². The molecular formula is C46H32N2. The number of rotatable bonds is 6. The van der Waals surface area contributed by atoms with Gasteiger partial charge in [-0.1, -0.05) is 133 Å². The minimum absolute atomic E-state index is 1.12. The average molecular weight is 613 g/mol. The Morgan fingerprint density at radius 2 is 0.958 bits per heavy atom. The van der Waals surface area contributed by atoms with Crippen LogP contribution in [0.1, 0.15) is 0 Å². The van der Waals surface area contributed by atoms with Crippen LogP contribution in [0.4, 0.5) is 17.1 Å². The standard InChI is InChI=1S/C46H32N2/c1-4-14-34(15-5-1)41-24-13-16-35-28-31-44-46(45(35)41)42-23-10-11-25-43(42)48(44)39-29-26-33(27-30-39)36-17-12-22-40(32-36)47(37-18-6-2-7-19-37)38-20-8-3-9-21-38/h1-32H. The number of fused-ring (bicyclic) bond motifs is 5. The molecule has 8 aromatic carbocycles. The molecule has 0 fully saturated rings. The molecule has 9 aromatic rings. The van der Waals surface area contributed by atoms with Crippen molar-refractivity contribution < 1.29 is 0 Å². The van der Waals surface area contributed by atoms with E-state index in [0.717, 1.165) is 22.7 Å². The number of benzene rings is 8. The number of aromatic nitrogens is 1. The Labute approximate surface area is 280 Å². The average Bonchev–Trinajstić information content (AvgIpc) is 3.51. The molecule has 0 spiro atoms. The van der Waals surface area contributed by atoms with Crippen LogP contribution in [-0.4, -0.2) is 4.57 Å². The monoisotopic (exact) mass is 612 g/mol. The first-order valence-corrected chi connectivity index (χ1v) is 16.4. The van der Waals surface area contributed by atoms with Crippen LogP contribution in [0.2, 0.25) is 0 Å². The second kappa shape index (κ2) is 11.8. The summed E-state index contributed by atoms with van der Waals surface area (Å²) in [6.07, 6.45) is 0. The summed E-state index contributed by atoms with van der Waals surface area (Å²) in [6, 6.07) is 69.7. The lowest BCUT2D eigenvalue weighted by Gasteiger charge is -2.26.